The Hall–Kier alpha value is -3.49. The molecule has 4 aromatic heterocycles. The van der Waals surface area contributed by atoms with E-state index in [9.17, 15) is 0 Å². The summed E-state index contributed by atoms with van der Waals surface area (Å²) in [6.07, 6.45) is 8.65. The molecule has 9 heteroatoms. The maximum Gasteiger partial charge on any atom is 0.229 e. The van der Waals surface area contributed by atoms with E-state index in [1.807, 2.05) is 12.4 Å². The lowest BCUT2D eigenvalue weighted by molar-refractivity contribution is 0.617. The highest BCUT2D eigenvalue weighted by molar-refractivity contribution is 5.78. The second-order valence-electron chi connectivity index (χ2n) is 5.81. The van der Waals surface area contributed by atoms with Crippen molar-refractivity contribution in [2.75, 3.05) is 10.6 Å². The van der Waals surface area contributed by atoms with Crippen LogP contribution in [0, 0.1) is 0 Å². The van der Waals surface area contributed by atoms with Crippen molar-refractivity contribution in [2.24, 2.45) is 0 Å². The van der Waals surface area contributed by atoms with Gasteiger partial charge in [-0.15, -0.1) is 0 Å². The summed E-state index contributed by atoms with van der Waals surface area (Å²) in [5.74, 6) is 1.81. The minimum absolute atomic E-state index is 0.324. The third-order valence-electron chi connectivity index (χ3n) is 3.68. The second kappa shape index (κ2) is 6.19. The van der Waals surface area contributed by atoms with E-state index in [4.69, 9.17) is 0 Å². The molecule has 0 aliphatic heterocycles. The van der Waals surface area contributed by atoms with Gasteiger partial charge in [-0.3, -0.25) is 5.10 Å². The molecule has 0 fully saturated rings. The summed E-state index contributed by atoms with van der Waals surface area (Å²) >= 11 is 0. The average Bonchev–Trinajstić information content (AvgIpc) is 3.24. The fourth-order valence-corrected chi connectivity index (χ4v) is 2.48. The molecule has 0 bridgehead atoms. The molecule has 0 saturated carbocycles. The van der Waals surface area contributed by atoms with Gasteiger partial charge in [0.05, 0.1) is 29.9 Å². The summed E-state index contributed by atoms with van der Waals surface area (Å²) in [6.45, 7) is 4.24. The maximum atomic E-state index is 4.43. The largest absolute Gasteiger partial charge is 0.328 e. The van der Waals surface area contributed by atoms with Gasteiger partial charge >= 0.3 is 0 Å². The normalized spacial score (nSPS) is 11.2. The molecular formula is C16H17N9. The van der Waals surface area contributed by atoms with Crippen LogP contribution in [-0.2, 0) is 0 Å². The van der Waals surface area contributed by atoms with Crippen molar-refractivity contribution in [3.05, 3.63) is 43.2 Å². The Morgan fingerprint density at radius 1 is 1.08 bits per heavy atom. The fraction of sp³-hybridized carbons (Fsp3) is 0.188. The van der Waals surface area contributed by atoms with Crippen LogP contribution in [-0.4, -0.2) is 34.7 Å². The number of imidazole rings is 1. The predicted molar refractivity (Wildman–Crippen MR) is 95.1 cm³/mol. The first-order valence-electron chi connectivity index (χ1n) is 7.87. The molecule has 9 nitrogen and oxygen atoms in total. The van der Waals surface area contributed by atoms with Crippen molar-refractivity contribution in [2.45, 2.75) is 19.9 Å². The number of nitrogens with one attached hydrogen (secondary N) is 3. The molecule has 126 valence electrons. The molecule has 0 aromatic carbocycles. The van der Waals surface area contributed by atoms with Crippen LogP contribution in [0.3, 0.4) is 0 Å². The molecule has 25 heavy (non-hydrogen) atoms. The smallest absolute Gasteiger partial charge is 0.229 e. The van der Waals surface area contributed by atoms with E-state index in [1.54, 1.807) is 30.9 Å². The zero-order valence-electron chi connectivity index (χ0n) is 13.8. The van der Waals surface area contributed by atoms with E-state index < -0.39 is 0 Å². The van der Waals surface area contributed by atoms with Crippen molar-refractivity contribution in [3.8, 4) is 0 Å². The van der Waals surface area contributed by atoms with E-state index in [1.165, 1.54) is 0 Å². The first kappa shape index (κ1) is 15.1. The zero-order chi connectivity index (χ0) is 17.2. The number of aromatic nitrogens is 7. The summed E-state index contributed by atoms with van der Waals surface area (Å²) in [5.41, 5.74) is 2.68. The van der Waals surface area contributed by atoms with Crippen LogP contribution in [0.15, 0.2) is 43.2 Å². The molecular weight excluding hydrogens is 318 g/mol. The molecule has 0 aliphatic rings. The third kappa shape index (κ3) is 3.11. The summed E-state index contributed by atoms with van der Waals surface area (Å²) in [4.78, 5) is 17.4. The number of aromatic amines is 1. The molecule has 3 N–H and O–H groups in total. The van der Waals surface area contributed by atoms with E-state index in [-0.39, 0.29) is 0 Å². The van der Waals surface area contributed by atoms with Crippen LogP contribution in [0.4, 0.5) is 23.3 Å². The Balaban J connectivity index is 1.59. The standard InChI is InChI=1S/C16H17N9/c1-10(2)25-9-19-12-8-18-15(5-13(12)25)23-14-3-4-17-16(24-14)22-11-6-20-21-7-11/h3-10H,1-2H3,(H,20,21)(H2,17,18,22,23,24). The quantitative estimate of drug-likeness (QED) is 0.514. The Morgan fingerprint density at radius 3 is 2.80 bits per heavy atom. The van der Waals surface area contributed by atoms with Crippen LogP contribution in [0.5, 0.6) is 0 Å². The van der Waals surface area contributed by atoms with Gasteiger partial charge in [-0.2, -0.15) is 10.1 Å². The highest BCUT2D eigenvalue weighted by Gasteiger charge is 2.08. The highest BCUT2D eigenvalue weighted by Crippen LogP contribution is 2.21. The second-order valence-corrected chi connectivity index (χ2v) is 5.81. The number of hydrogen-bond donors (Lipinski definition) is 3. The number of nitrogens with zero attached hydrogens (tertiary/aromatic N) is 6. The van der Waals surface area contributed by atoms with Crippen LogP contribution in [0.25, 0.3) is 11.0 Å². The molecule has 0 spiro atoms. The van der Waals surface area contributed by atoms with Crippen LogP contribution < -0.4 is 10.6 Å². The fourth-order valence-electron chi connectivity index (χ4n) is 2.48. The summed E-state index contributed by atoms with van der Waals surface area (Å²) in [6, 6.07) is 4.07. The maximum absolute atomic E-state index is 4.43. The van der Waals surface area contributed by atoms with Crippen molar-refractivity contribution < 1.29 is 0 Å². The summed E-state index contributed by atoms with van der Waals surface area (Å²) < 4.78 is 2.11. The van der Waals surface area contributed by atoms with Crippen LogP contribution >= 0.6 is 0 Å². The average molecular weight is 335 g/mol. The van der Waals surface area contributed by atoms with Gasteiger partial charge in [0.1, 0.15) is 17.2 Å². The van der Waals surface area contributed by atoms with Crippen molar-refractivity contribution in [1.82, 2.24) is 34.7 Å². The van der Waals surface area contributed by atoms with Crippen LogP contribution in [0.1, 0.15) is 19.9 Å². The lowest BCUT2D eigenvalue weighted by Gasteiger charge is -2.10. The third-order valence-corrected chi connectivity index (χ3v) is 3.68. The minimum Gasteiger partial charge on any atom is -0.328 e. The lowest BCUT2D eigenvalue weighted by atomic mass is 10.3. The van der Waals surface area contributed by atoms with Gasteiger partial charge in [-0.25, -0.2) is 15.0 Å². The Morgan fingerprint density at radius 2 is 2.00 bits per heavy atom. The van der Waals surface area contributed by atoms with Gasteiger partial charge in [-0.1, -0.05) is 0 Å². The van der Waals surface area contributed by atoms with E-state index in [0.717, 1.165) is 16.7 Å². The van der Waals surface area contributed by atoms with E-state index in [0.29, 0.717) is 23.6 Å². The van der Waals surface area contributed by atoms with Gasteiger partial charge in [0.25, 0.3) is 0 Å². The molecule has 0 amide bonds. The molecule has 0 saturated heterocycles. The van der Waals surface area contributed by atoms with Crippen molar-refractivity contribution in [1.29, 1.82) is 0 Å². The highest BCUT2D eigenvalue weighted by atomic mass is 15.2. The SMILES string of the molecule is CC(C)n1cnc2cnc(Nc3ccnc(Nc4cn[nH]c4)n3)cc21. The van der Waals surface area contributed by atoms with Gasteiger partial charge in [0.15, 0.2) is 0 Å². The Kier molecular flexibility index (Phi) is 3.73. The Labute approximate surface area is 143 Å². The number of fused-ring (bicyclic) bond motifs is 1. The van der Waals surface area contributed by atoms with Crippen molar-refractivity contribution in [3.63, 3.8) is 0 Å². The molecule has 0 aliphatic carbocycles. The van der Waals surface area contributed by atoms with Crippen LogP contribution in [0.2, 0.25) is 0 Å². The summed E-state index contributed by atoms with van der Waals surface area (Å²) in [7, 11) is 0. The number of anilines is 4. The molecule has 0 radical (unpaired) electrons. The molecule has 0 unspecified atom stereocenters. The first-order valence-corrected chi connectivity index (χ1v) is 7.87. The van der Waals surface area contributed by atoms with E-state index in [2.05, 4.69) is 59.2 Å². The Bertz CT molecular complexity index is 988. The molecule has 0 atom stereocenters. The number of pyridine rings is 1. The van der Waals surface area contributed by atoms with Crippen molar-refractivity contribution >= 4 is 34.3 Å². The minimum atomic E-state index is 0.324. The lowest BCUT2D eigenvalue weighted by Crippen LogP contribution is -2.02. The monoisotopic (exact) mass is 335 g/mol. The topological polar surface area (TPSA) is 109 Å². The molecule has 4 aromatic rings. The molecule has 4 rings (SSSR count). The van der Waals surface area contributed by atoms with Gasteiger partial charge < -0.3 is 15.2 Å². The molecule has 4 heterocycles. The van der Waals surface area contributed by atoms with E-state index >= 15 is 0 Å². The first-order chi connectivity index (χ1) is 12.2. The summed E-state index contributed by atoms with van der Waals surface area (Å²) in [5, 5.41) is 12.9. The van der Waals surface area contributed by atoms with Gasteiger partial charge in [0.2, 0.25) is 5.95 Å². The van der Waals surface area contributed by atoms with Gasteiger partial charge in [0, 0.05) is 24.5 Å². The number of rotatable bonds is 5. The van der Waals surface area contributed by atoms with Gasteiger partial charge in [-0.05, 0) is 19.9 Å². The predicted octanol–water partition coefficient (Wildman–Crippen LogP) is 3.01. The zero-order valence-corrected chi connectivity index (χ0v) is 13.8. The number of H-pyrrole nitrogens is 1. The number of hydrogen-bond acceptors (Lipinski definition) is 7.